The van der Waals surface area contributed by atoms with Gasteiger partial charge in [-0.25, -0.2) is 0 Å². The van der Waals surface area contributed by atoms with Gasteiger partial charge in [-0.15, -0.1) is 0 Å². The van der Waals surface area contributed by atoms with E-state index in [9.17, 15) is 5.26 Å². The largest absolute Gasteiger partial charge is 0.381 e. The predicted molar refractivity (Wildman–Crippen MR) is 68.7 cm³/mol. The van der Waals surface area contributed by atoms with E-state index in [-0.39, 0.29) is 0 Å². The van der Waals surface area contributed by atoms with Crippen LogP contribution in [0.2, 0.25) is 0 Å². The van der Waals surface area contributed by atoms with Crippen molar-refractivity contribution < 1.29 is 4.74 Å². The summed E-state index contributed by atoms with van der Waals surface area (Å²) in [6, 6.07) is 2.42. The molecule has 17 heavy (non-hydrogen) atoms. The van der Waals surface area contributed by atoms with Crippen LogP contribution in [0, 0.1) is 17.2 Å². The molecule has 2 unspecified atom stereocenters. The van der Waals surface area contributed by atoms with E-state index in [0.717, 1.165) is 39.2 Å². The van der Waals surface area contributed by atoms with Crippen molar-refractivity contribution in [2.24, 2.45) is 5.92 Å². The van der Waals surface area contributed by atoms with Gasteiger partial charge in [0.15, 0.2) is 0 Å². The minimum absolute atomic E-state index is 0.323. The van der Waals surface area contributed by atoms with E-state index >= 15 is 0 Å². The second-order valence-electron chi connectivity index (χ2n) is 4.83. The average molecular weight is 239 g/mol. The van der Waals surface area contributed by atoms with Crippen LogP contribution in [0.1, 0.15) is 27.2 Å². The summed E-state index contributed by atoms with van der Waals surface area (Å²) in [5, 5.41) is 12.7. The molecular formula is C13H25N3O. The minimum atomic E-state index is -0.441. The third-order valence-corrected chi connectivity index (χ3v) is 3.79. The molecule has 1 rings (SSSR count). The molecule has 0 aliphatic carbocycles. The molecule has 0 aromatic rings. The predicted octanol–water partition coefficient (Wildman–Crippen LogP) is 1.24. The molecule has 4 nitrogen and oxygen atoms in total. The molecular weight excluding hydrogens is 214 g/mol. The summed E-state index contributed by atoms with van der Waals surface area (Å²) in [4.78, 5) is 2.36. The summed E-state index contributed by atoms with van der Waals surface area (Å²) in [6.45, 7) is 11.8. The lowest BCUT2D eigenvalue weighted by Crippen LogP contribution is -2.50. The Morgan fingerprint density at radius 1 is 1.47 bits per heavy atom. The molecule has 0 amide bonds. The molecule has 1 heterocycles. The van der Waals surface area contributed by atoms with Gasteiger partial charge >= 0.3 is 0 Å². The topological polar surface area (TPSA) is 48.3 Å². The highest BCUT2D eigenvalue weighted by atomic mass is 16.5. The van der Waals surface area contributed by atoms with Crippen molar-refractivity contribution in [3.63, 3.8) is 0 Å². The first-order valence-corrected chi connectivity index (χ1v) is 6.62. The number of ether oxygens (including phenoxy) is 1. The van der Waals surface area contributed by atoms with E-state index in [1.54, 1.807) is 0 Å². The molecule has 4 heteroatoms. The Labute approximate surface area is 105 Å². The monoisotopic (exact) mass is 239 g/mol. The standard InChI is InChI=1S/C13H25N3O/c1-4-16(5-2)8-7-15-13(3,11-14)12-6-9-17-10-12/h12,15H,4-10H2,1-3H3. The highest BCUT2D eigenvalue weighted by Crippen LogP contribution is 2.25. The van der Waals surface area contributed by atoms with Crippen LogP contribution in [-0.4, -0.2) is 49.8 Å². The highest BCUT2D eigenvalue weighted by Gasteiger charge is 2.36. The van der Waals surface area contributed by atoms with Crippen LogP contribution in [0.3, 0.4) is 0 Å². The van der Waals surface area contributed by atoms with Crippen molar-refractivity contribution in [1.82, 2.24) is 10.2 Å². The molecule has 98 valence electrons. The Balaban J connectivity index is 2.38. The zero-order valence-corrected chi connectivity index (χ0v) is 11.3. The van der Waals surface area contributed by atoms with Crippen molar-refractivity contribution in [3.8, 4) is 6.07 Å². The van der Waals surface area contributed by atoms with E-state index in [0.29, 0.717) is 12.5 Å². The first-order chi connectivity index (χ1) is 8.16. The molecule has 0 spiro atoms. The van der Waals surface area contributed by atoms with Crippen LogP contribution in [0.5, 0.6) is 0 Å². The molecule has 1 aliphatic rings. The van der Waals surface area contributed by atoms with Crippen LogP contribution < -0.4 is 5.32 Å². The molecule has 0 saturated carbocycles. The molecule has 1 aliphatic heterocycles. The number of nitriles is 1. The van der Waals surface area contributed by atoms with Gasteiger partial charge in [0.25, 0.3) is 0 Å². The maximum atomic E-state index is 9.34. The van der Waals surface area contributed by atoms with Gasteiger partial charge in [0.2, 0.25) is 0 Å². The zero-order valence-electron chi connectivity index (χ0n) is 11.3. The summed E-state index contributed by atoms with van der Waals surface area (Å²) in [5.41, 5.74) is -0.441. The summed E-state index contributed by atoms with van der Waals surface area (Å²) in [7, 11) is 0. The Hall–Kier alpha value is -0.630. The molecule has 2 atom stereocenters. The van der Waals surface area contributed by atoms with Gasteiger partial charge in [0, 0.05) is 25.6 Å². The molecule has 1 fully saturated rings. The van der Waals surface area contributed by atoms with Crippen molar-refractivity contribution in [2.45, 2.75) is 32.7 Å². The van der Waals surface area contributed by atoms with Gasteiger partial charge in [0.05, 0.1) is 12.7 Å². The second kappa shape index (κ2) is 6.95. The fraction of sp³-hybridized carbons (Fsp3) is 0.923. The van der Waals surface area contributed by atoms with E-state index in [1.165, 1.54) is 0 Å². The normalized spacial score (nSPS) is 23.6. The number of hydrogen-bond donors (Lipinski definition) is 1. The Bertz CT molecular complexity index is 254. The second-order valence-corrected chi connectivity index (χ2v) is 4.83. The Kier molecular flexibility index (Phi) is 5.90. The third kappa shape index (κ3) is 3.95. The number of rotatable bonds is 7. The van der Waals surface area contributed by atoms with Gasteiger partial charge in [-0.1, -0.05) is 13.8 Å². The lowest BCUT2D eigenvalue weighted by molar-refractivity contribution is 0.166. The van der Waals surface area contributed by atoms with Gasteiger partial charge in [0.1, 0.15) is 5.54 Å². The highest BCUT2D eigenvalue weighted by molar-refractivity contribution is 5.08. The Morgan fingerprint density at radius 3 is 2.65 bits per heavy atom. The van der Waals surface area contributed by atoms with E-state index in [1.807, 2.05) is 6.92 Å². The lowest BCUT2D eigenvalue weighted by atomic mass is 9.86. The molecule has 0 aromatic carbocycles. The molecule has 1 N–H and O–H groups in total. The van der Waals surface area contributed by atoms with Crippen molar-refractivity contribution >= 4 is 0 Å². The average Bonchev–Trinajstić information content (AvgIpc) is 2.89. The maximum Gasteiger partial charge on any atom is 0.109 e. The number of likely N-dealkylation sites (N-methyl/N-ethyl adjacent to an activating group) is 1. The molecule has 0 aromatic heterocycles. The van der Waals surface area contributed by atoms with E-state index in [2.05, 4.69) is 30.1 Å². The fourth-order valence-electron chi connectivity index (χ4n) is 2.28. The number of hydrogen-bond acceptors (Lipinski definition) is 4. The van der Waals surface area contributed by atoms with E-state index < -0.39 is 5.54 Å². The van der Waals surface area contributed by atoms with Gasteiger partial charge < -0.3 is 9.64 Å². The first-order valence-electron chi connectivity index (χ1n) is 6.62. The summed E-state index contributed by atoms with van der Waals surface area (Å²) in [6.07, 6.45) is 0.988. The van der Waals surface area contributed by atoms with Gasteiger partial charge in [-0.2, -0.15) is 5.26 Å². The fourth-order valence-corrected chi connectivity index (χ4v) is 2.28. The van der Waals surface area contributed by atoms with Crippen LogP contribution in [0.25, 0.3) is 0 Å². The quantitative estimate of drug-likeness (QED) is 0.726. The summed E-state index contributed by atoms with van der Waals surface area (Å²) in [5.74, 6) is 0.323. The van der Waals surface area contributed by atoms with Gasteiger partial charge in [-0.05, 0) is 26.4 Å². The summed E-state index contributed by atoms with van der Waals surface area (Å²) >= 11 is 0. The lowest BCUT2D eigenvalue weighted by Gasteiger charge is -2.30. The number of nitrogens with zero attached hydrogens (tertiary/aromatic N) is 2. The third-order valence-electron chi connectivity index (χ3n) is 3.79. The Morgan fingerprint density at radius 2 is 2.18 bits per heavy atom. The van der Waals surface area contributed by atoms with Crippen molar-refractivity contribution in [3.05, 3.63) is 0 Å². The van der Waals surface area contributed by atoms with Crippen LogP contribution in [-0.2, 0) is 4.74 Å². The van der Waals surface area contributed by atoms with Crippen LogP contribution in [0.15, 0.2) is 0 Å². The molecule has 1 saturated heterocycles. The van der Waals surface area contributed by atoms with Crippen molar-refractivity contribution in [2.75, 3.05) is 39.4 Å². The molecule has 0 bridgehead atoms. The minimum Gasteiger partial charge on any atom is -0.381 e. The SMILES string of the molecule is CCN(CC)CCNC(C)(C#N)C1CCOC1. The summed E-state index contributed by atoms with van der Waals surface area (Å²) < 4.78 is 5.37. The number of nitrogens with one attached hydrogen (secondary N) is 1. The van der Waals surface area contributed by atoms with Crippen LogP contribution >= 0.6 is 0 Å². The zero-order chi connectivity index (χ0) is 12.7. The molecule has 0 radical (unpaired) electrons. The van der Waals surface area contributed by atoms with Gasteiger partial charge in [-0.3, -0.25) is 5.32 Å². The smallest absolute Gasteiger partial charge is 0.109 e. The van der Waals surface area contributed by atoms with Crippen LogP contribution in [0.4, 0.5) is 0 Å². The first kappa shape index (κ1) is 14.4. The van der Waals surface area contributed by atoms with E-state index in [4.69, 9.17) is 4.74 Å². The maximum absolute atomic E-state index is 9.34. The van der Waals surface area contributed by atoms with Crippen molar-refractivity contribution in [1.29, 1.82) is 5.26 Å².